The van der Waals surface area contributed by atoms with Gasteiger partial charge in [-0.05, 0) is 12.0 Å². The van der Waals surface area contributed by atoms with Gasteiger partial charge >= 0.3 is 0 Å². The molecule has 0 aliphatic heterocycles. The third-order valence-electron chi connectivity index (χ3n) is 3.73. The van der Waals surface area contributed by atoms with Crippen molar-refractivity contribution < 1.29 is 4.74 Å². The van der Waals surface area contributed by atoms with E-state index in [-0.39, 0.29) is 0 Å². The van der Waals surface area contributed by atoms with Gasteiger partial charge in [-0.2, -0.15) is 0 Å². The molecule has 0 atom stereocenters. The first-order valence-electron chi connectivity index (χ1n) is 8.03. The van der Waals surface area contributed by atoms with Gasteiger partial charge in [-0.15, -0.1) is 10.2 Å². The van der Waals surface area contributed by atoms with E-state index in [9.17, 15) is 0 Å². The third-order valence-corrected chi connectivity index (χ3v) is 4.70. The Morgan fingerprint density at radius 1 is 0.958 bits per heavy atom. The monoisotopic (exact) mass is 339 g/mol. The highest BCUT2D eigenvalue weighted by molar-refractivity contribution is 7.99. The molecule has 0 radical (unpaired) electrons. The molecule has 0 aliphatic rings. The third kappa shape index (κ3) is 4.24. The molecular weight excluding hydrogens is 318 g/mol. The minimum atomic E-state index is 0.643. The molecule has 0 bridgehead atoms. The van der Waals surface area contributed by atoms with E-state index in [1.165, 1.54) is 5.56 Å². The Labute approximate surface area is 146 Å². The van der Waals surface area contributed by atoms with Gasteiger partial charge in [0.05, 0.1) is 13.2 Å². The standard InChI is InChI=1S/C19H21N3OS/c1-23-14-13-22-18(17-10-6-3-7-11-17)20-21-19(22)24-15-12-16-8-4-2-5-9-16/h2-11H,12-15H2,1H3. The number of thioether (sulfide) groups is 1. The largest absolute Gasteiger partial charge is 0.383 e. The molecule has 0 unspecified atom stereocenters. The summed E-state index contributed by atoms with van der Waals surface area (Å²) in [6.45, 7) is 1.39. The van der Waals surface area contributed by atoms with Crippen molar-refractivity contribution in [1.29, 1.82) is 0 Å². The molecule has 2 aromatic carbocycles. The van der Waals surface area contributed by atoms with Crippen molar-refractivity contribution in [1.82, 2.24) is 14.8 Å². The van der Waals surface area contributed by atoms with Crippen LogP contribution in [0, 0.1) is 0 Å². The molecule has 1 heterocycles. The van der Waals surface area contributed by atoms with Gasteiger partial charge in [0.1, 0.15) is 0 Å². The maximum absolute atomic E-state index is 5.25. The van der Waals surface area contributed by atoms with Crippen molar-refractivity contribution in [2.24, 2.45) is 0 Å². The van der Waals surface area contributed by atoms with Crippen molar-refractivity contribution >= 4 is 11.8 Å². The van der Waals surface area contributed by atoms with Crippen LogP contribution >= 0.6 is 11.8 Å². The highest BCUT2D eigenvalue weighted by Crippen LogP contribution is 2.24. The van der Waals surface area contributed by atoms with Crippen LogP contribution in [0.4, 0.5) is 0 Å². The fourth-order valence-electron chi connectivity index (χ4n) is 2.49. The lowest BCUT2D eigenvalue weighted by Gasteiger charge is -2.09. The summed E-state index contributed by atoms with van der Waals surface area (Å²) in [5.41, 5.74) is 2.42. The van der Waals surface area contributed by atoms with Crippen molar-refractivity contribution in [3.63, 3.8) is 0 Å². The predicted octanol–water partition coefficient (Wildman–Crippen LogP) is 3.93. The molecule has 0 aliphatic carbocycles. The van der Waals surface area contributed by atoms with Gasteiger partial charge < -0.3 is 4.74 Å². The van der Waals surface area contributed by atoms with Gasteiger partial charge in [0, 0.05) is 18.4 Å². The average Bonchev–Trinajstić information content (AvgIpc) is 3.04. The number of nitrogens with zero attached hydrogens (tertiary/aromatic N) is 3. The molecule has 124 valence electrons. The second-order valence-electron chi connectivity index (χ2n) is 5.40. The Bertz CT molecular complexity index is 744. The quantitative estimate of drug-likeness (QED) is 0.583. The number of methoxy groups -OCH3 is 1. The first-order valence-corrected chi connectivity index (χ1v) is 9.01. The predicted molar refractivity (Wildman–Crippen MR) is 98.2 cm³/mol. The van der Waals surface area contributed by atoms with Crippen LogP contribution in [0.25, 0.3) is 11.4 Å². The van der Waals surface area contributed by atoms with E-state index < -0.39 is 0 Å². The number of hydrogen-bond donors (Lipinski definition) is 0. The van der Waals surface area contributed by atoms with Gasteiger partial charge in [0.25, 0.3) is 0 Å². The molecule has 0 spiro atoms. The normalized spacial score (nSPS) is 10.9. The summed E-state index contributed by atoms with van der Waals surface area (Å²) in [6, 6.07) is 20.7. The Hall–Kier alpha value is -2.11. The molecule has 3 aromatic rings. The maximum atomic E-state index is 5.25. The van der Waals surface area contributed by atoms with Crippen LogP contribution < -0.4 is 0 Å². The summed E-state index contributed by atoms with van der Waals surface area (Å²) in [6.07, 6.45) is 1.02. The molecule has 0 amide bonds. The number of hydrogen-bond acceptors (Lipinski definition) is 4. The van der Waals surface area contributed by atoms with E-state index in [0.717, 1.165) is 35.3 Å². The van der Waals surface area contributed by atoms with Crippen molar-refractivity contribution in [3.8, 4) is 11.4 Å². The molecule has 5 heteroatoms. The first kappa shape index (κ1) is 16.7. The average molecular weight is 339 g/mol. The zero-order valence-electron chi connectivity index (χ0n) is 13.8. The molecule has 0 saturated carbocycles. The van der Waals surface area contributed by atoms with Crippen LogP contribution in [0.3, 0.4) is 0 Å². The molecule has 0 fully saturated rings. The summed E-state index contributed by atoms with van der Waals surface area (Å²) in [4.78, 5) is 0. The summed E-state index contributed by atoms with van der Waals surface area (Å²) >= 11 is 1.74. The molecule has 4 nitrogen and oxygen atoms in total. The van der Waals surface area contributed by atoms with Gasteiger partial charge in [-0.25, -0.2) is 0 Å². The van der Waals surface area contributed by atoms with Crippen molar-refractivity contribution in [3.05, 3.63) is 66.2 Å². The molecule has 3 rings (SSSR count). The molecule has 0 N–H and O–H groups in total. The Kier molecular flexibility index (Phi) is 6.04. The van der Waals surface area contributed by atoms with Crippen LogP contribution in [0.5, 0.6) is 0 Å². The molecule has 24 heavy (non-hydrogen) atoms. The van der Waals surface area contributed by atoms with Crippen LogP contribution in [-0.4, -0.2) is 34.2 Å². The topological polar surface area (TPSA) is 39.9 Å². The van der Waals surface area contributed by atoms with Crippen LogP contribution in [0.2, 0.25) is 0 Å². The van der Waals surface area contributed by atoms with Crippen molar-refractivity contribution in [2.75, 3.05) is 19.5 Å². The lowest BCUT2D eigenvalue weighted by Crippen LogP contribution is -2.07. The minimum absolute atomic E-state index is 0.643. The van der Waals surface area contributed by atoms with Gasteiger partial charge in [-0.1, -0.05) is 72.4 Å². The van der Waals surface area contributed by atoms with E-state index in [4.69, 9.17) is 4.74 Å². The fraction of sp³-hybridized carbons (Fsp3) is 0.263. The Morgan fingerprint density at radius 3 is 2.38 bits per heavy atom. The van der Waals surface area contributed by atoms with E-state index in [1.54, 1.807) is 18.9 Å². The number of aromatic nitrogens is 3. The summed E-state index contributed by atoms with van der Waals surface area (Å²) in [5.74, 6) is 1.87. The zero-order valence-corrected chi connectivity index (χ0v) is 14.6. The molecule has 1 aromatic heterocycles. The van der Waals surface area contributed by atoms with Gasteiger partial charge in [0.2, 0.25) is 0 Å². The van der Waals surface area contributed by atoms with E-state index >= 15 is 0 Å². The number of benzene rings is 2. The lowest BCUT2D eigenvalue weighted by atomic mass is 10.2. The first-order chi connectivity index (χ1) is 11.9. The van der Waals surface area contributed by atoms with E-state index in [2.05, 4.69) is 51.2 Å². The molecule has 0 saturated heterocycles. The smallest absolute Gasteiger partial charge is 0.191 e. The minimum Gasteiger partial charge on any atom is -0.383 e. The van der Waals surface area contributed by atoms with Crippen LogP contribution in [0.15, 0.2) is 65.8 Å². The number of ether oxygens (including phenoxy) is 1. The highest BCUT2D eigenvalue weighted by Gasteiger charge is 2.13. The van der Waals surface area contributed by atoms with E-state index in [1.807, 2.05) is 24.3 Å². The second-order valence-corrected chi connectivity index (χ2v) is 6.46. The second kappa shape index (κ2) is 8.66. The van der Waals surface area contributed by atoms with Gasteiger partial charge in [-0.3, -0.25) is 4.57 Å². The Balaban J connectivity index is 1.73. The Morgan fingerprint density at radius 2 is 1.67 bits per heavy atom. The molecular formula is C19H21N3OS. The van der Waals surface area contributed by atoms with Crippen LogP contribution in [-0.2, 0) is 17.7 Å². The van der Waals surface area contributed by atoms with Crippen molar-refractivity contribution in [2.45, 2.75) is 18.1 Å². The number of aryl methyl sites for hydroxylation is 1. The SMILES string of the molecule is COCCn1c(SCCc2ccccc2)nnc1-c1ccccc1. The summed E-state index contributed by atoms with van der Waals surface area (Å²) < 4.78 is 7.40. The lowest BCUT2D eigenvalue weighted by molar-refractivity contribution is 0.185. The highest BCUT2D eigenvalue weighted by atomic mass is 32.2. The fourth-order valence-corrected chi connectivity index (χ4v) is 3.44. The maximum Gasteiger partial charge on any atom is 0.191 e. The van der Waals surface area contributed by atoms with E-state index in [0.29, 0.717) is 6.61 Å². The van der Waals surface area contributed by atoms with Crippen LogP contribution in [0.1, 0.15) is 5.56 Å². The van der Waals surface area contributed by atoms with Gasteiger partial charge in [0.15, 0.2) is 11.0 Å². The summed E-state index contributed by atoms with van der Waals surface area (Å²) in [7, 11) is 1.72. The zero-order chi connectivity index (χ0) is 16.6. The summed E-state index contributed by atoms with van der Waals surface area (Å²) in [5, 5.41) is 9.74. The number of rotatable bonds is 8.